The summed E-state index contributed by atoms with van der Waals surface area (Å²) >= 11 is 1.46. The number of non-ortho nitro benzene ring substituents is 1. The molecule has 0 aliphatic rings. The molecule has 3 aromatic rings. The maximum Gasteiger partial charge on any atom is 0.269 e. The summed E-state index contributed by atoms with van der Waals surface area (Å²) in [6, 6.07) is 16.2. The van der Waals surface area contributed by atoms with Gasteiger partial charge in [0, 0.05) is 21.9 Å². The number of benzene rings is 3. The molecule has 0 fully saturated rings. The Morgan fingerprint density at radius 1 is 0.926 bits per heavy atom. The van der Waals surface area contributed by atoms with E-state index in [1.54, 1.807) is 12.1 Å². The van der Waals surface area contributed by atoms with E-state index in [2.05, 4.69) is 0 Å². The molecule has 0 saturated heterocycles. The van der Waals surface area contributed by atoms with Crippen LogP contribution in [0.25, 0.3) is 0 Å². The molecular formula is C20H15F2NO3S. The number of phenols is 1. The van der Waals surface area contributed by atoms with E-state index in [-0.39, 0.29) is 5.69 Å². The molecule has 3 rings (SSSR count). The van der Waals surface area contributed by atoms with Gasteiger partial charge in [0.05, 0.1) is 4.92 Å². The summed E-state index contributed by atoms with van der Waals surface area (Å²) in [6.45, 7) is 0. The van der Waals surface area contributed by atoms with Gasteiger partial charge in [-0.1, -0.05) is 36.0 Å². The summed E-state index contributed by atoms with van der Waals surface area (Å²) in [5.74, 6) is -2.97. The molecule has 0 unspecified atom stereocenters. The zero-order chi connectivity index (χ0) is 19.4. The molecule has 4 nitrogen and oxygen atoms in total. The molecule has 138 valence electrons. The molecule has 0 radical (unpaired) electrons. The Morgan fingerprint density at radius 3 is 2.30 bits per heavy atom. The molecule has 0 spiro atoms. The van der Waals surface area contributed by atoms with Crippen molar-refractivity contribution in [1.82, 2.24) is 0 Å². The maximum absolute atomic E-state index is 13.5. The first kappa shape index (κ1) is 18.8. The number of hydrogen-bond donors (Lipinski definition) is 1. The number of phenolic OH excluding ortho intramolecular Hbond substituents is 1. The summed E-state index contributed by atoms with van der Waals surface area (Å²) in [6.07, 6.45) is 0.871. The van der Waals surface area contributed by atoms with E-state index in [0.717, 1.165) is 21.4 Å². The Morgan fingerprint density at radius 2 is 1.59 bits per heavy atom. The van der Waals surface area contributed by atoms with Crippen molar-refractivity contribution in [1.29, 1.82) is 0 Å². The lowest BCUT2D eigenvalue weighted by atomic mass is 10.0. The number of hydrogen-bond acceptors (Lipinski definition) is 4. The molecule has 1 N–H and O–H groups in total. The third kappa shape index (κ3) is 4.43. The monoisotopic (exact) mass is 387 g/mol. The first-order valence-corrected chi connectivity index (χ1v) is 8.93. The molecule has 27 heavy (non-hydrogen) atoms. The SMILES string of the molecule is O=[N+]([O-])c1ccc(Sc2ccccc2CCc2ccc(F)c(F)c2O)cc1. The van der Waals surface area contributed by atoms with Gasteiger partial charge < -0.3 is 5.11 Å². The lowest BCUT2D eigenvalue weighted by Gasteiger charge is -2.10. The summed E-state index contributed by atoms with van der Waals surface area (Å²) in [4.78, 5) is 12.1. The minimum atomic E-state index is -1.24. The van der Waals surface area contributed by atoms with Crippen LogP contribution in [0, 0.1) is 21.7 Å². The molecule has 0 aromatic heterocycles. The van der Waals surface area contributed by atoms with E-state index in [0.29, 0.717) is 18.4 Å². The summed E-state index contributed by atoms with van der Waals surface area (Å²) in [5, 5.41) is 20.5. The van der Waals surface area contributed by atoms with Gasteiger partial charge in [-0.3, -0.25) is 10.1 Å². The molecule has 3 aromatic carbocycles. The second-order valence-electron chi connectivity index (χ2n) is 5.83. The first-order chi connectivity index (χ1) is 13.0. The zero-order valence-electron chi connectivity index (χ0n) is 14.1. The van der Waals surface area contributed by atoms with Crippen LogP contribution in [0.2, 0.25) is 0 Å². The lowest BCUT2D eigenvalue weighted by molar-refractivity contribution is -0.384. The van der Waals surface area contributed by atoms with Gasteiger partial charge in [0.1, 0.15) is 0 Å². The van der Waals surface area contributed by atoms with E-state index < -0.39 is 22.3 Å². The highest BCUT2D eigenvalue weighted by Gasteiger charge is 2.13. The van der Waals surface area contributed by atoms with Gasteiger partial charge in [-0.2, -0.15) is 4.39 Å². The third-order valence-electron chi connectivity index (χ3n) is 4.06. The number of nitro benzene ring substituents is 1. The van der Waals surface area contributed by atoms with E-state index in [9.17, 15) is 24.0 Å². The highest BCUT2D eigenvalue weighted by molar-refractivity contribution is 7.99. The Labute approximate surface area is 158 Å². The number of rotatable bonds is 6. The van der Waals surface area contributed by atoms with E-state index in [1.165, 1.54) is 30.0 Å². The van der Waals surface area contributed by atoms with Crippen molar-refractivity contribution in [3.63, 3.8) is 0 Å². The van der Waals surface area contributed by atoms with Crippen LogP contribution in [0.1, 0.15) is 11.1 Å². The van der Waals surface area contributed by atoms with Crippen molar-refractivity contribution >= 4 is 17.4 Å². The van der Waals surface area contributed by atoms with Gasteiger partial charge in [-0.15, -0.1) is 0 Å². The average molecular weight is 387 g/mol. The topological polar surface area (TPSA) is 63.4 Å². The minimum Gasteiger partial charge on any atom is -0.505 e. The number of nitro groups is 1. The second kappa shape index (κ2) is 8.18. The van der Waals surface area contributed by atoms with E-state index in [1.807, 2.05) is 24.3 Å². The van der Waals surface area contributed by atoms with Crippen LogP contribution in [-0.2, 0) is 12.8 Å². The van der Waals surface area contributed by atoms with Crippen LogP contribution in [0.4, 0.5) is 14.5 Å². The molecule has 0 heterocycles. The highest BCUT2D eigenvalue weighted by Crippen LogP contribution is 2.33. The van der Waals surface area contributed by atoms with Crippen LogP contribution in [0.5, 0.6) is 5.75 Å². The quantitative estimate of drug-likeness (QED) is 0.447. The van der Waals surface area contributed by atoms with Gasteiger partial charge in [0.25, 0.3) is 5.69 Å². The summed E-state index contributed by atoms with van der Waals surface area (Å²) in [7, 11) is 0. The normalized spacial score (nSPS) is 10.7. The Kier molecular flexibility index (Phi) is 5.71. The highest BCUT2D eigenvalue weighted by atomic mass is 32.2. The van der Waals surface area contributed by atoms with Gasteiger partial charge in [0.15, 0.2) is 11.6 Å². The van der Waals surface area contributed by atoms with Crippen molar-refractivity contribution in [3.8, 4) is 5.75 Å². The van der Waals surface area contributed by atoms with Gasteiger partial charge in [-0.05, 0) is 48.2 Å². The average Bonchev–Trinajstić information content (AvgIpc) is 2.67. The maximum atomic E-state index is 13.5. The number of nitrogens with zero attached hydrogens (tertiary/aromatic N) is 1. The minimum absolute atomic E-state index is 0.0291. The van der Waals surface area contributed by atoms with Gasteiger partial charge in [0.2, 0.25) is 5.82 Å². The molecule has 0 amide bonds. The molecular weight excluding hydrogens is 372 g/mol. The van der Waals surface area contributed by atoms with Crippen LogP contribution < -0.4 is 0 Å². The van der Waals surface area contributed by atoms with Crippen LogP contribution in [0.3, 0.4) is 0 Å². The van der Waals surface area contributed by atoms with Crippen LogP contribution in [0.15, 0.2) is 70.5 Å². The van der Waals surface area contributed by atoms with Crippen molar-refractivity contribution in [2.24, 2.45) is 0 Å². The third-order valence-corrected chi connectivity index (χ3v) is 5.19. The molecule has 0 saturated carbocycles. The predicted molar refractivity (Wildman–Crippen MR) is 99.1 cm³/mol. The molecule has 0 bridgehead atoms. The van der Waals surface area contributed by atoms with E-state index in [4.69, 9.17) is 0 Å². The summed E-state index contributed by atoms with van der Waals surface area (Å²) in [5.41, 5.74) is 1.34. The predicted octanol–water partition coefficient (Wildman–Crippen LogP) is 5.52. The fourth-order valence-electron chi connectivity index (χ4n) is 2.62. The molecule has 0 aliphatic carbocycles. The largest absolute Gasteiger partial charge is 0.505 e. The Bertz CT molecular complexity index is 977. The first-order valence-electron chi connectivity index (χ1n) is 8.12. The van der Waals surface area contributed by atoms with Crippen LogP contribution in [-0.4, -0.2) is 10.0 Å². The Balaban J connectivity index is 1.76. The van der Waals surface area contributed by atoms with Crippen molar-refractivity contribution in [2.75, 3.05) is 0 Å². The van der Waals surface area contributed by atoms with Crippen molar-refractivity contribution in [2.45, 2.75) is 22.6 Å². The second-order valence-corrected chi connectivity index (χ2v) is 6.95. The van der Waals surface area contributed by atoms with Gasteiger partial charge >= 0.3 is 0 Å². The van der Waals surface area contributed by atoms with E-state index >= 15 is 0 Å². The molecule has 0 aliphatic heterocycles. The number of aromatic hydroxyl groups is 1. The molecule has 7 heteroatoms. The van der Waals surface area contributed by atoms with Crippen LogP contribution >= 0.6 is 11.8 Å². The fraction of sp³-hybridized carbons (Fsp3) is 0.100. The smallest absolute Gasteiger partial charge is 0.269 e. The summed E-state index contributed by atoms with van der Waals surface area (Å²) < 4.78 is 26.6. The zero-order valence-corrected chi connectivity index (χ0v) is 14.9. The number of aryl methyl sites for hydroxylation is 2. The standard InChI is InChI=1S/C20H15F2NO3S/c21-17-12-7-14(20(24)19(17)22)6-5-13-3-1-2-4-18(13)27-16-10-8-15(9-11-16)23(25)26/h1-4,7-12,24H,5-6H2. The lowest BCUT2D eigenvalue weighted by Crippen LogP contribution is -1.97. The Hall–Kier alpha value is -2.93. The van der Waals surface area contributed by atoms with Crippen molar-refractivity contribution < 1.29 is 18.8 Å². The fourth-order valence-corrected chi connectivity index (χ4v) is 3.60. The van der Waals surface area contributed by atoms with Crippen molar-refractivity contribution in [3.05, 3.63) is 93.5 Å². The van der Waals surface area contributed by atoms with Gasteiger partial charge in [-0.25, -0.2) is 4.39 Å². The number of halogens is 2. The molecule has 0 atom stereocenters.